The van der Waals surface area contributed by atoms with Crippen molar-refractivity contribution in [2.75, 3.05) is 0 Å². The Hall–Kier alpha value is -1.19. The van der Waals surface area contributed by atoms with Crippen LogP contribution in [0.15, 0.2) is 37.0 Å². The third kappa shape index (κ3) is 3.81. The Kier molecular flexibility index (Phi) is 4.46. The van der Waals surface area contributed by atoms with Gasteiger partial charge in [-0.05, 0) is 28.8 Å². The first-order valence-corrected chi connectivity index (χ1v) is 4.91. The van der Waals surface area contributed by atoms with Gasteiger partial charge in [-0.2, -0.15) is 4.98 Å². The molecule has 0 spiro atoms. The normalized spacial score (nSPS) is 11.2. The van der Waals surface area contributed by atoms with Gasteiger partial charge in [0.15, 0.2) is 0 Å². The lowest BCUT2D eigenvalue weighted by Gasteiger charge is -2.00. The first-order chi connectivity index (χ1) is 7.15. The molecule has 1 aromatic rings. The molecule has 1 rings (SSSR count). The molecule has 0 saturated carbocycles. The van der Waals surface area contributed by atoms with Gasteiger partial charge in [0.1, 0.15) is 5.82 Å². The van der Waals surface area contributed by atoms with Gasteiger partial charge in [-0.1, -0.05) is 31.4 Å². The zero-order valence-corrected chi connectivity index (χ0v) is 9.46. The Bertz CT molecular complexity index is 393. The van der Waals surface area contributed by atoms with Crippen LogP contribution in [0.2, 0.25) is 10.6 Å². The molecule has 5 heteroatoms. The fraction of sp³-hybridized carbons (Fsp3) is 0.100. The molecule has 3 nitrogen and oxygen atoms in total. The van der Waals surface area contributed by atoms with E-state index in [1.165, 1.54) is 0 Å². The highest BCUT2D eigenvalue weighted by molar-refractivity contribution is 6.30. The third-order valence-corrected chi connectivity index (χ3v) is 1.92. The zero-order valence-electron chi connectivity index (χ0n) is 7.95. The molecule has 0 N–H and O–H groups in total. The Morgan fingerprint density at radius 3 is 2.20 bits per heavy atom. The van der Waals surface area contributed by atoms with Gasteiger partial charge in [0, 0.05) is 6.42 Å². The van der Waals surface area contributed by atoms with Crippen molar-refractivity contribution in [3.63, 3.8) is 0 Å². The van der Waals surface area contributed by atoms with Crippen molar-refractivity contribution in [3.8, 4) is 0 Å². The molecule has 1 aromatic heterocycles. The quantitative estimate of drug-likeness (QED) is 0.761. The molecule has 1 heterocycles. The van der Waals surface area contributed by atoms with Gasteiger partial charge in [-0.25, -0.2) is 9.97 Å². The molecule has 0 saturated heterocycles. The molecule has 0 aliphatic rings. The zero-order chi connectivity index (χ0) is 11.3. The molecule has 0 fully saturated rings. The number of hydrogen-bond donors (Lipinski definition) is 0. The lowest BCUT2D eigenvalue weighted by molar-refractivity contribution is 0.919. The number of nitrogens with zero attached hydrogens (tertiary/aromatic N) is 3. The van der Waals surface area contributed by atoms with Gasteiger partial charge in [-0.3, -0.25) is 0 Å². The van der Waals surface area contributed by atoms with Crippen molar-refractivity contribution in [3.05, 3.63) is 53.4 Å². The van der Waals surface area contributed by atoms with Crippen molar-refractivity contribution in [2.24, 2.45) is 0 Å². The van der Waals surface area contributed by atoms with Crippen LogP contribution < -0.4 is 0 Å². The van der Waals surface area contributed by atoms with Crippen molar-refractivity contribution >= 4 is 23.2 Å². The standard InChI is InChI=1S/C10H9Cl2N3/c1-3-5-7(4-2)6-8-13-9(11)15-10(12)14-8/h3-5H,1-2,6H2/b7-5+. The molecule has 78 valence electrons. The fourth-order valence-electron chi connectivity index (χ4n) is 0.976. The van der Waals surface area contributed by atoms with Crippen LogP contribution in [0.3, 0.4) is 0 Å². The monoisotopic (exact) mass is 241 g/mol. The fourth-order valence-corrected chi connectivity index (χ4v) is 1.37. The van der Waals surface area contributed by atoms with E-state index < -0.39 is 0 Å². The SMILES string of the molecule is C=C/C=C(\C=C)Cc1nc(Cl)nc(Cl)n1. The molecule has 0 bridgehead atoms. The maximum absolute atomic E-state index is 5.64. The summed E-state index contributed by atoms with van der Waals surface area (Å²) in [5.41, 5.74) is 0.934. The smallest absolute Gasteiger partial charge is 0.202 e. The first-order valence-electron chi connectivity index (χ1n) is 4.15. The molecule has 0 atom stereocenters. The summed E-state index contributed by atoms with van der Waals surface area (Å²) in [5.74, 6) is 0.507. The molecule has 15 heavy (non-hydrogen) atoms. The second-order valence-electron chi connectivity index (χ2n) is 2.65. The largest absolute Gasteiger partial charge is 0.226 e. The number of hydrogen-bond acceptors (Lipinski definition) is 3. The molecule has 0 amide bonds. The van der Waals surface area contributed by atoms with E-state index in [1.807, 2.05) is 6.08 Å². The van der Waals surface area contributed by atoms with Gasteiger partial charge in [0.2, 0.25) is 10.6 Å². The summed E-state index contributed by atoms with van der Waals surface area (Å²) in [7, 11) is 0. The maximum Gasteiger partial charge on any atom is 0.226 e. The van der Waals surface area contributed by atoms with Crippen LogP contribution in [0.25, 0.3) is 0 Å². The average Bonchev–Trinajstić information content (AvgIpc) is 2.15. The van der Waals surface area contributed by atoms with Crippen LogP contribution in [-0.2, 0) is 6.42 Å². The van der Waals surface area contributed by atoms with Gasteiger partial charge in [0.25, 0.3) is 0 Å². The molecule has 0 aliphatic carbocycles. The van der Waals surface area contributed by atoms with Crippen LogP contribution in [0.5, 0.6) is 0 Å². The lowest BCUT2D eigenvalue weighted by atomic mass is 10.1. The van der Waals surface area contributed by atoms with E-state index in [-0.39, 0.29) is 10.6 Å². The number of allylic oxidation sites excluding steroid dienone is 4. The second kappa shape index (κ2) is 5.63. The summed E-state index contributed by atoms with van der Waals surface area (Å²) in [6.07, 6.45) is 5.69. The highest BCUT2D eigenvalue weighted by Crippen LogP contribution is 2.10. The van der Waals surface area contributed by atoms with Crippen molar-refractivity contribution in [1.82, 2.24) is 15.0 Å². The number of rotatable bonds is 4. The predicted molar refractivity (Wildman–Crippen MR) is 62.0 cm³/mol. The highest BCUT2D eigenvalue weighted by Gasteiger charge is 2.04. The Labute approximate surface area is 98.2 Å². The van der Waals surface area contributed by atoms with E-state index in [9.17, 15) is 0 Å². The van der Waals surface area contributed by atoms with E-state index in [0.717, 1.165) is 5.57 Å². The Balaban J connectivity index is 2.92. The minimum Gasteiger partial charge on any atom is -0.202 e. The van der Waals surface area contributed by atoms with E-state index in [4.69, 9.17) is 23.2 Å². The van der Waals surface area contributed by atoms with Crippen molar-refractivity contribution < 1.29 is 0 Å². The van der Waals surface area contributed by atoms with E-state index in [0.29, 0.717) is 12.2 Å². The first kappa shape index (κ1) is 11.9. The molecule has 0 aliphatic heterocycles. The third-order valence-electron chi connectivity index (χ3n) is 1.58. The Morgan fingerprint density at radius 1 is 1.13 bits per heavy atom. The van der Waals surface area contributed by atoms with E-state index in [1.54, 1.807) is 12.2 Å². The Morgan fingerprint density at radius 2 is 1.73 bits per heavy atom. The molecule has 0 unspecified atom stereocenters. The highest BCUT2D eigenvalue weighted by atomic mass is 35.5. The minimum atomic E-state index is 0.0898. The predicted octanol–water partition coefficient (Wildman–Crippen LogP) is 3.02. The second-order valence-corrected chi connectivity index (χ2v) is 3.32. The molecular formula is C10H9Cl2N3. The summed E-state index contributed by atoms with van der Waals surface area (Å²) in [5, 5.41) is 0.180. The van der Waals surface area contributed by atoms with Crippen LogP contribution in [-0.4, -0.2) is 15.0 Å². The van der Waals surface area contributed by atoms with E-state index >= 15 is 0 Å². The summed E-state index contributed by atoms with van der Waals surface area (Å²) >= 11 is 11.3. The topological polar surface area (TPSA) is 38.7 Å². The van der Waals surface area contributed by atoms with Crippen LogP contribution in [0.1, 0.15) is 5.82 Å². The number of halogens is 2. The van der Waals surface area contributed by atoms with Crippen molar-refractivity contribution in [1.29, 1.82) is 0 Å². The average molecular weight is 242 g/mol. The summed E-state index contributed by atoms with van der Waals surface area (Å²) < 4.78 is 0. The van der Waals surface area contributed by atoms with Gasteiger partial charge >= 0.3 is 0 Å². The molecular weight excluding hydrogens is 233 g/mol. The van der Waals surface area contributed by atoms with Gasteiger partial charge < -0.3 is 0 Å². The van der Waals surface area contributed by atoms with Crippen LogP contribution >= 0.6 is 23.2 Å². The molecule has 0 aromatic carbocycles. The summed E-state index contributed by atoms with van der Waals surface area (Å²) in [6, 6.07) is 0. The van der Waals surface area contributed by atoms with Gasteiger partial charge in [0.05, 0.1) is 0 Å². The lowest BCUT2D eigenvalue weighted by Crippen LogP contribution is -1.99. The van der Waals surface area contributed by atoms with Crippen LogP contribution in [0.4, 0.5) is 0 Å². The van der Waals surface area contributed by atoms with Gasteiger partial charge in [-0.15, -0.1) is 0 Å². The summed E-state index contributed by atoms with van der Waals surface area (Å²) in [6.45, 7) is 7.26. The number of aromatic nitrogens is 3. The van der Waals surface area contributed by atoms with Crippen molar-refractivity contribution in [2.45, 2.75) is 6.42 Å². The maximum atomic E-state index is 5.64. The molecule has 0 radical (unpaired) electrons. The van der Waals surface area contributed by atoms with E-state index in [2.05, 4.69) is 28.1 Å². The van der Waals surface area contributed by atoms with Crippen LogP contribution in [0, 0.1) is 0 Å². The summed E-state index contributed by atoms with van der Waals surface area (Å²) in [4.78, 5) is 11.5. The minimum absolute atomic E-state index is 0.0898.